The van der Waals surface area contributed by atoms with E-state index in [0.29, 0.717) is 11.1 Å². The van der Waals surface area contributed by atoms with Crippen LogP contribution in [-0.2, 0) is 7.05 Å². The van der Waals surface area contributed by atoms with Gasteiger partial charge in [-0.1, -0.05) is 30.3 Å². The lowest BCUT2D eigenvalue weighted by atomic mass is 9.99. The van der Waals surface area contributed by atoms with E-state index in [1.54, 1.807) is 0 Å². The predicted octanol–water partition coefficient (Wildman–Crippen LogP) is 7.12. The number of hydrogen-bond donors (Lipinski definition) is 2. The third-order valence-electron chi connectivity index (χ3n) is 7.26. The summed E-state index contributed by atoms with van der Waals surface area (Å²) in [5.41, 5.74) is 11.3. The summed E-state index contributed by atoms with van der Waals surface area (Å²) in [6.07, 6.45) is 3.92. The van der Waals surface area contributed by atoms with Gasteiger partial charge < -0.3 is 14.7 Å². The van der Waals surface area contributed by atoms with Crippen molar-refractivity contribution in [3.05, 3.63) is 94.6 Å². The number of hydrogen-bond acceptors (Lipinski definition) is 3. The molecule has 37 heavy (non-hydrogen) atoms. The first kappa shape index (κ1) is 22.7. The van der Waals surface area contributed by atoms with E-state index in [1.807, 2.05) is 98.3 Å². The number of rotatable bonds is 2. The lowest BCUT2D eigenvalue weighted by molar-refractivity contribution is 0.0700. The minimum Gasteiger partial charge on any atom is -0.478 e. The maximum Gasteiger partial charge on any atom is 0.338 e. The lowest BCUT2D eigenvalue weighted by Gasteiger charge is -2.05. The summed E-state index contributed by atoms with van der Waals surface area (Å²) in [5, 5.41) is 10.5. The number of aromatic amines is 1. The number of aromatic nitrogens is 4. The van der Waals surface area contributed by atoms with Crippen molar-refractivity contribution < 1.29 is 9.90 Å². The molecule has 6 nitrogen and oxygen atoms in total. The van der Waals surface area contributed by atoms with Crippen molar-refractivity contribution in [2.24, 2.45) is 7.05 Å². The van der Waals surface area contributed by atoms with Crippen molar-refractivity contribution in [3.63, 3.8) is 0 Å². The Bertz CT molecular complexity index is 1840. The number of aromatic carboxylic acids is 1. The van der Waals surface area contributed by atoms with Crippen molar-refractivity contribution in [1.29, 1.82) is 0 Å². The SMILES string of the molecule is CC1=C(C)c2nc1cc1ccc(cc3nc(cc4c(-c5ccccc5)c(C(=O)O)c(c2C)n4C)C=C3)[nH]1. The van der Waals surface area contributed by atoms with E-state index < -0.39 is 5.97 Å². The van der Waals surface area contributed by atoms with Crippen LogP contribution in [0.5, 0.6) is 0 Å². The number of benzene rings is 1. The Hall–Kier alpha value is -4.71. The number of allylic oxidation sites excluding steroid dienone is 2. The van der Waals surface area contributed by atoms with Gasteiger partial charge in [0.1, 0.15) is 0 Å². The molecule has 0 radical (unpaired) electrons. The molecule has 6 rings (SSSR count). The molecule has 2 aliphatic rings. The second kappa shape index (κ2) is 8.45. The molecule has 4 aromatic rings. The van der Waals surface area contributed by atoms with Crippen LogP contribution in [0.3, 0.4) is 0 Å². The first-order valence-electron chi connectivity index (χ1n) is 12.2. The molecule has 0 saturated carbocycles. The fourth-order valence-corrected chi connectivity index (χ4v) is 5.29. The zero-order valence-corrected chi connectivity index (χ0v) is 21.1. The van der Waals surface area contributed by atoms with Gasteiger partial charge in [-0.15, -0.1) is 0 Å². The lowest BCUT2D eigenvalue weighted by Crippen LogP contribution is -2.00. The summed E-state index contributed by atoms with van der Waals surface area (Å²) in [6, 6.07) is 19.7. The van der Waals surface area contributed by atoms with Crippen LogP contribution < -0.4 is 0 Å². The molecular weight excluding hydrogens is 460 g/mol. The predicted molar refractivity (Wildman–Crippen MR) is 150 cm³/mol. The number of carboxylic acids is 1. The Morgan fingerprint density at radius 3 is 2.24 bits per heavy atom. The van der Waals surface area contributed by atoms with Crippen molar-refractivity contribution in [1.82, 2.24) is 19.5 Å². The van der Waals surface area contributed by atoms with Gasteiger partial charge in [-0.3, -0.25) is 0 Å². The molecule has 182 valence electrons. The van der Waals surface area contributed by atoms with E-state index in [1.165, 1.54) is 0 Å². The molecule has 0 saturated heterocycles. The van der Waals surface area contributed by atoms with Crippen LogP contribution in [0.15, 0.2) is 60.7 Å². The van der Waals surface area contributed by atoms with Gasteiger partial charge >= 0.3 is 5.97 Å². The van der Waals surface area contributed by atoms with Crippen LogP contribution in [-0.4, -0.2) is 30.6 Å². The number of H-pyrrole nitrogens is 1. The van der Waals surface area contributed by atoms with Gasteiger partial charge in [0.25, 0.3) is 0 Å². The normalized spacial score (nSPS) is 12.9. The maximum atomic E-state index is 12.9. The fraction of sp³-hybridized carbons (Fsp3) is 0.129. The molecule has 2 aliphatic heterocycles. The summed E-state index contributed by atoms with van der Waals surface area (Å²) in [7, 11) is 1.92. The molecular formula is C31H26N4O2. The van der Waals surface area contributed by atoms with Gasteiger partial charge in [-0.25, -0.2) is 14.8 Å². The second-order valence-corrected chi connectivity index (χ2v) is 9.53. The minimum absolute atomic E-state index is 0.263. The number of nitrogens with one attached hydrogen (secondary N) is 1. The Morgan fingerprint density at radius 1 is 0.865 bits per heavy atom. The van der Waals surface area contributed by atoms with Crippen LogP contribution in [0.4, 0.5) is 0 Å². The van der Waals surface area contributed by atoms with E-state index in [9.17, 15) is 9.90 Å². The highest BCUT2D eigenvalue weighted by Crippen LogP contribution is 2.38. The average Bonchev–Trinajstić information content (AvgIpc) is 3.64. The molecule has 0 aliphatic carbocycles. The quantitative estimate of drug-likeness (QED) is 0.278. The molecule has 0 fully saturated rings. The standard InChI is InChI=1S/C31H26N4O2/c1-17-18(2)29-19(3)30-28(31(36)37)27(20-8-6-5-7-9-20)26(35(30)4)16-24-13-11-22(33-24)14-21-10-12-23(32-21)15-25(17)34-29/h5-16,32H,1-4H3,(H,36,37). The molecule has 5 heterocycles. The highest BCUT2D eigenvalue weighted by molar-refractivity contribution is 6.10. The van der Waals surface area contributed by atoms with E-state index in [2.05, 4.69) is 11.9 Å². The Morgan fingerprint density at radius 2 is 1.54 bits per heavy atom. The minimum atomic E-state index is -0.975. The number of carboxylic acid groups (broad SMARTS) is 1. The molecule has 0 atom stereocenters. The van der Waals surface area contributed by atoms with E-state index >= 15 is 0 Å². The Kier molecular flexibility index (Phi) is 5.19. The number of aryl methyl sites for hydroxylation is 2. The molecule has 2 N–H and O–H groups in total. The second-order valence-electron chi connectivity index (χ2n) is 9.53. The van der Waals surface area contributed by atoms with Crippen LogP contribution >= 0.6 is 0 Å². The molecule has 0 spiro atoms. The van der Waals surface area contributed by atoms with Gasteiger partial charge in [0.15, 0.2) is 0 Å². The zero-order valence-electron chi connectivity index (χ0n) is 21.1. The van der Waals surface area contributed by atoms with Crippen molar-refractivity contribution in [2.45, 2.75) is 20.8 Å². The molecule has 0 amide bonds. The summed E-state index contributed by atoms with van der Waals surface area (Å²) < 4.78 is 1.97. The monoisotopic (exact) mass is 486 g/mol. The van der Waals surface area contributed by atoms with E-state index in [-0.39, 0.29) is 5.56 Å². The summed E-state index contributed by atoms with van der Waals surface area (Å²) in [5.74, 6) is -0.975. The smallest absolute Gasteiger partial charge is 0.338 e. The first-order valence-corrected chi connectivity index (χ1v) is 12.2. The van der Waals surface area contributed by atoms with Crippen molar-refractivity contribution in [2.75, 3.05) is 0 Å². The van der Waals surface area contributed by atoms with E-state index in [4.69, 9.17) is 9.97 Å². The maximum absolute atomic E-state index is 12.9. The van der Waals surface area contributed by atoms with Crippen molar-refractivity contribution >= 4 is 51.3 Å². The number of fused-ring (bicyclic) bond motifs is 8. The largest absolute Gasteiger partial charge is 0.478 e. The number of nitrogens with zero attached hydrogens (tertiary/aromatic N) is 3. The molecule has 1 aromatic carbocycles. The van der Waals surface area contributed by atoms with Gasteiger partial charge in [0.05, 0.1) is 39.4 Å². The van der Waals surface area contributed by atoms with Crippen LogP contribution in [0.2, 0.25) is 0 Å². The Balaban J connectivity index is 1.87. The average molecular weight is 487 g/mol. The fourth-order valence-electron chi connectivity index (χ4n) is 5.29. The van der Waals surface area contributed by atoms with Gasteiger partial charge in [-0.2, -0.15) is 0 Å². The Labute approximate surface area is 214 Å². The summed E-state index contributed by atoms with van der Waals surface area (Å²) in [6.45, 7) is 6.06. The van der Waals surface area contributed by atoms with Gasteiger partial charge in [0.2, 0.25) is 0 Å². The van der Waals surface area contributed by atoms with Crippen LogP contribution in [0.1, 0.15) is 52.5 Å². The molecule has 0 unspecified atom stereocenters. The molecule has 8 bridgehead atoms. The highest BCUT2D eigenvalue weighted by atomic mass is 16.4. The van der Waals surface area contributed by atoms with Crippen LogP contribution in [0.25, 0.3) is 56.5 Å². The van der Waals surface area contributed by atoms with Crippen molar-refractivity contribution in [3.8, 4) is 11.1 Å². The third-order valence-corrected chi connectivity index (χ3v) is 7.26. The third kappa shape index (κ3) is 3.69. The zero-order chi connectivity index (χ0) is 25.8. The van der Waals surface area contributed by atoms with E-state index in [0.717, 1.165) is 61.6 Å². The topological polar surface area (TPSA) is 83.8 Å². The number of carbonyl (C=O) groups is 1. The summed E-state index contributed by atoms with van der Waals surface area (Å²) in [4.78, 5) is 26.1. The van der Waals surface area contributed by atoms with Crippen LogP contribution in [0, 0.1) is 6.92 Å². The first-order chi connectivity index (χ1) is 17.8. The highest BCUT2D eigenvalue weighted by Gasteiger charge is 2.25. The van der Waals surface area contributed by atoms with Gasteiger partial charge in [-0.05, 0) is 85.5 Å². The summed E-state index contributed by atoms with van der Waals surface area (Å²) >= 11 is 0. The van der Waals surface area contributed by atoms with Gasteiger partial charge in [0, 0.05) is 23.6 Å². The molecule has 3 aromatic heterocycles. The molecule has 6 heteroatoms.